The fraction of sp³-hybridized carbons (Fsp3) is 0.467. The van der Waals surface area contributed by atoms with Crippen LogP contribution in [0.5, 0.6) is 11.5 Å². The van der Waals surface area contributed by atoms with Crippen LogP contribution in [0.3, 0.4) is 0 Å². The van der Waals surface area contributed by atoms with Crippen molar-refractivity contribution in [2.45, 2.75) is 13.8 Å². The first-order chi connectivity index (χ1) is 9.96. The zero-order valence-corrected chi connectivity index (χ0v) is 12.8. The molecule has 0 atom stereocenters. The van der Waals surface area contributed by atoms with Crippen molar-refractivity contribution in [2.24, 2.45) is 5.92 Å². The van der Waals surface area contributed by atoms with E-state index in [4.69, 9.17) is 14.2 Å². The third-order valence-electron chi connectivity index (χ3n) is 2.63. The fourth-order valence-electron chi connectivity index (χ4n) is 1.51. The van der Waals surface area contributed by atoms with Crippen LogP contribution in [0.25, 0.3) is 0 Å². The average Bonchev–Trinajstić information content (AvgIpc) is 2.49. The van der Waals surface area contributed by atoms with Gasteiger partial charge in [0.05, 0.1) is 19.8 Å². The summed E-state index contributed by atoms with van der Waals surface area (Å²) in [4.78, 5) is 23.4. The lowest BCUT2D eigenvalue weighted by Gasteiger charge is -2.10. The zero-order valence-electron chi connectivity index (χ0n) is 12.8. The van der Waals surface area contributed by atoms with E-state index < -0.39 is 5.97 Å². The summed E-state index contributed by atoms with van der Waals surface area (Å²) < 4.78 is 15.1. The van der Waals surface area contributed by atoms with E-state index in [1.165, 1.54) is 26.4 Å². The van der Waals surface area contributed by atoms with Crippen molar-refractivity contribution in [2.75, 3.05) is 27.4 Å². The summed E-state index contributed by atoms with van der Waals surface area (Å²) in [6.07, 6.45) is 0. The van der Waals surface area contributed by atoms with Crippen LogP contribution in [0, 0.1) is 5.92 Å². The molecular formula is C15H21NO5. The number of carbonyl (C=O) groups is 2. The molecule has 116 valence electrons. The van der Waals surface area contributed by atoms with Gasteiger partial charge < -0.3 is 19.5 Å². The van der Waals surface area contributed by atoms with E-state index >= 15 is 0 Å². The number of esters is 1. The smallest absolute Gasteiger partial charge is 0.338 e. The van der Waals surface area contributed by atoms with Gasteiger partial charge in [-0.1, -0.05) is 13.8 Å². The molecule has 0 heterocycles. The van der Waals surface area contributed by atoms with Crippen LogP contribution < -0.4 is 14.8 Å². The van der Waals surface area contributed by atoms with E-state index in [1.54, 1.807) is 6.07 Å². The molecule has 1 aromatic carbocycles. The number of amides is 1. The van der Waals surface area contributed by atoms with Gasteiger partial charge in [0.15, 0.2) is 6.61 Å². The standard InChI is InChI=1S/C15H21NO5/c1-10(2)8-16-14(17)9-21-15(18)11-5-12(19-3)7-13(6-11)20-4/h5-7,10H,8-9H2,1-4H3,(H,16,17). The summed E-state index contributed by atoms with van der Waals surface area (Å²) in [7, 11) is 2.98. The Balaban J connectivity index is 2.61. The van der Waals surface area contributed by atoms with Gasteiger partial charge >= 0.3 is 5.97 Å². The lowest BCUT2D eigenvalue weighted by molar-refractivity contribution is -0.124. The Labute approximate surface area is 124 Å². The number of methoxy groups -OCH3 is 2. The molecule has 0 bridgehead atoms. The summed E-state index contributed by atoms with van der Waals surface area (Å²) >= 11 is 0. The Morgan fingerprint density at radius 2 is 1.67 bits per heavy atom. The molecule has 0 saturated heterocycles. The van der Waals surface area contributed by atoms with Crippen LogP contribution in [0.2, 0.25) is 0 Å². The first-order valence-electron chi connectivity index (χ1n) is 6.63. The van der Waals surface area contributed by atoms with Gasteiger partial charge in [-0.15, -0.1) is 0 Å². The fourth-order valence-corrected chi connectivity index (χ4v) is 1.51. The van der Waals surface area contributed by atoms with Gasteiger partial charge in [0.25, 0.3) is 5.91 Å². The molecule has 6 nitrogen and oxygen atoms in total. The molecule has 1 N–H and O–H groups in total. The van der Waals surface area contributed by atoms with Gasteiger partial charge in [0.1, 0.15) is 11.5 Å². The molecule has 1 amide bonds. The molecule has 1 aromatic rings. The molecule has 0 radical (unpaired) electrons. The second-order valence-corrected chi connectivity index (χ2v) is 4.88. The van der Waals surface area contributed by atoms with E-state index in [2.05, 4.69) is 5.32 Å². The van der Waals surface area contributed by atoms with Crippen molar-refractivity contribution >= 4 is 11.9 Å². The first kappa shape index (κ1) is 16.8. The van der Waals surface area contributed by atoms with Crippen LogP contribution in [0.4, 0.5) is 0 Å². The number of carbonyl (C=O) groups excluding carboxylic acids is 2. The maximum Gasteiger partial charge on any atom is 0.338 e. The Hall–Kier alpha value is -2.24. The molecule has 0 unspecified atom stereocenters. The van der Waals surface area contributed by atoms with E-state index in [1.807, 2.05) is 13.8 Å². The van der Waals surface area contributed by atoms with Gasteiger partial charge in [-0.25, -0.2) is 4.79 Å². The number of rotatable bonds is 7. The third-order valence-corrected chi connectivity index (χ3v) is 2.63. The minimum atomic E-state index is -0.605. The van der Waals surface area contributed by atoms with Crippen LogP contribution in [-0.4, -0.2) is 39.2 Å². The van der Waals surface area contributed by atoms with Gasteiger partial charge in [0.2, 0.25) is 0 Å². The molecule has 6 heteroatoms. The minimum absolute atomic E-state index is 0.267. The first-order valence-corrected chi connectivity index (χ1v) is 6.63. The maximum absolute atomic E-state index is 11.9. The highest BCUT2D eigenvalue weighted by Crippen LogP contribution is 2.22. The number of hydrogen-bond donors (Lipinski definition) is 1. The molecule has 0 aliphatic carbocycles. The topological polar surface area (TPSA) is 73.9 Å². The number of hydrogen-bond acceptors (Lipinski definition) is 5. The van der Waals surface area contributed by atoms with E-state index in [0.717, 1.165) is 0 Å². The van der Waals surface area contributed by atoms with Gasteiger partial charge in [-0.05, 0) is 18.1 Å². The quantitative estimate of drug-likeness (QED) is 0.774. The second kappa shape index (κ2) is 8.14. The molecule has 21 heavy (non-hydrogen) atoms. The molecule has 0 aliphatic heterocycles. The number of benzene rings is 1. The van der Waals surface area contributed by atoms with Crippen LogP contribution in [0.15, 0.2) is 18.2 Å². The van der Waals surface area contributed by atoms with Gasteiger partial charge in [-0.3, -0.25) is 4.79 Å². The zero-order chi connectivity index (χ0) is 15.8. The molecule has 0 aliphatic rings. The largest absolute Gasteiger partial charge is 0.497 e. The highest BCUT2D eigenvalue weighted by molar-refractivity contribution is 5.92. The summed E-state index contributed by atoms with van der Waals surface area (Å²) in [5.41, 5.74) is 0.267. The third kappa shape index (κ3) is 5.72. The Morgan fingerprint density at radius 1 is 1.10 bits per heavy atom. The van der Waals surface area contributed by atoms with Crippen LogP contribution in [-0.2, 0) is 9.53 Å². The Kier molecular flexibility index (Phi) is 6.52. The van der Waals surface area contributed by atoms with Gasteiger partial charge in [-0.2, -0.15) is 0 Å². The molecule has 0 aromatic heterocycles. The molecule has 0 spiro atoms. The summed E-state index contributed by atoms with van der Waals surface area (Å²) in [5, 5.41) is 2.67. The highest BCUT2D eigenvalue weighted by atomic mass is 16.5. The lowest BCUT2D eigenvalue weighted by Crippen LogP contribution is -2.31. The van der Waals surface area contributed by atoms with Crippen LogP contribution in [0.1, 0.15) is 24.2 Å². The lowest BCUT2D eigenvalue weighted by atomic mass is 10.2. The van der Waals surface area contributed by atoms with Crippen molar-refractivity contribution < 1.29 is 23.8 Å². The predicted molar refractivity (Wildman–Crippen MR) is 77.7 cm³/mol. The van der Waals surface area contributed by atoms with Gasteiger partial charge in [0, 0.05) is 12.6 Å². The summed E-state index contributed by atoms with van der Waals surface area (Å²) in [6, 6.07) is 4.69. The SMILES string of the molecule is COc1cc(OC)cc(C(=O)OCC(=O)NCC(C)C)c1. The summed E-state index contributed by atoms with van der Waals surface area (Å²) in [5.74, 6) is 0.363. The minimum Gasteiger partial charge on any atom is -0.497 e. The predicted octanol–water partition coefficient (Wildman–Crippen LogP) is 1.63. The number of nitrogens with one attached hydrogen (secondary N) is 1. The van der Waals surface area contributed by atoms with Crippen molar-refractivity contribution in [1.82, 2.24) is 5.32 Å². The average molecular weight is 295 g/mol. The Bertz CT molecular complexity index is 477. The maximum atomic E-state index is 11.9. The molecular weight excluding hydrogens is 274 g/mol. The highest BCUT2D eigenvalue weighted by Gasteiger charge is 2.13. The van der Waals surface area contributed by atoms with Crippen LogP contribution >= 0.6 is 0 Å². The van der Waals surface area contributed by atoms with Crippen molar-refractivity contribution in [1.29, 1.82) is 0 Å². The molecule has 0 fully saturated rings. The Morgan fingerprint density at radius 3 is 2.14 bits per heavy atom. The molecule has 1 rings (SSSR count). The monoisotopic (exact) mass is 295 g/mol. The van der Waals surface area contributed by atoms with E-state index in [-0.39, 0.29) is 18.1 Å². The van der Waals surface area contributed by atoms with Crippen molar-refractivity contribution in [3.8, 4) is 11.5 Å². The normalized spacial score (nSPS) is 10.1. The molecule has 0 saturated carbocycles. The second-order valence-electron chi connectivity index (χ2n) is 4.88. The van der Waals surface area contributed by atoms with E-state index in [0.29, 0.717) is 24.0 Å². The van der Waals surface area contributed by atoms with E-state index in [9.17, 15) is 9.59 Å². The van der Waals surface area contributed by atoms with Crippen molar-refractivity contribution in [3.63, 3.8) is 0 Å². The summed E-state index contributed by atoms with van der Waals surface area (Å²) in [6.45, 7) is 4.19. The van der Waals surface area contributed by atoms with Crippen molar-refractivity contribution in [3.05, 3.63) is 23.8 Å². The number of ether oxygens (including phenoxy) is 3.